The first-order valence-electron chi connectivity index (χ1n) is 6.28. The fourth-order valence-electron chi connectivity index (χ4n) is 1.63. The van der Waals surface area contributed by atoms with Crippen molar-refractivity contribution in [1.29, 1.82) is 0 Å². The zero-order valence-electron chi connectivity index (χ0n) is 11.1. The van der Waals surface area contributed by atoms with E-state index in [2.05, 4.69) is 55.4 Å². The van der Waals surface area contributed by atoms with Crippen LogP contribution in [0, 0.1) is 0 Å². The minimum atomic E-state index is 0.251. The standard InChI is InChI=1S/C14H24N2O/c1-12(2)15-11-13-5-7-14(8-6-13)16(3)9-4-10-17/h5-8,12,15,17H,4,9-11H2,1-3H3. The van der Waals surface area contributed by atoms with Gasteiger partial charge in [-0.2, -0.15) is 0 Å². The van der Waals surface area contributed by atoms with Gasteiger partial charge in [-0.15, -0.1) is 0 Å². The first-order valence-corrected chi connectivity index (χ1v) is 6.28. The molecule has 0 aliphatic rings. The Bertz CT molecular complexity index is 309. The highest BCUT2D eigenvalue weighted by Crippen LogP contribution is 2.14. The second kappa shape index (κ2) is 7.30. The van der Waals surface area contributed by atoms with Gasteiger partial charge in [0.25, 0.3) is 0 Å². The summed E-state index contributed by atoms with van der Waals surface area (Å²) < 4.78 is 0. The summed E-state index contributed by atoms with van der Waals surface area (Å²) in [7, 11) is 2.05. The summed E-state index contributed by atoms with van der Waals surface area (Å²) in [6.07, 6.45) is 0.813. The number of anilines is 1. The van der Waals surface area contributed by atoms with Gasteiger partial charge >= 0.3 is 0 Å². The number of aliphatic hydroxyl groups excluding tert-OH is 1. The zero-order valence-corrected chi connectivity index (χ0v) is 11.1. The van der Waals surface area contributed by atoms with Gasteiger partial charge in [-0.25, -0.2) is 0 Å². The van der Waals surface area contributed by atoms with E-state index >= 15 is 0 Å². The Kier molecular flexibility index (Phi) is 6.01. The minimum Gasteiger partial charge on any atom is -0.396 e. The molecule has 0 saturated carbocycles. The molecule has 0 amide bonds. The quantitative estimate of drug-likeness (QED) is 0.760. The van der Waals surface area contributed by atoms with Crippen molar-refractivity contribution in [3.8, 4) is 0 Å². The lowest BCUT2D eigenvalue weighted by Gasteiger charge is -2.19. The molecule has 1 aromatic rings. The van der Waals surface area contributed by atoms with Crippen LogP contribution in [0.15, 0.2) is 24.3 Å². The van der Waals surface area contributed by atoms with Gasteiger partial charge in [0, 0.05) is 38.5 Å². The molecule has 1 aromatic carbocycles. The fourth-order valence-corrected chi connectivity index (χ4v) is 1.63. The Labute approximate surface area is 104 Å². The van der Waals surface area contributed by atoms with E-state index in [9.17, 15) is 0 Å². The monoisotopic (exact) mass is 236 g/mol. The highest BCUT2D eigenvalue weighted by atomic mass is 16.3. The zero-order chi connectivity index (χ0) is 12.7. The average Bonchev–Trinajstić information content (AvgIpc) is 2.34. The van der Waals surface area contributed by atoms with Crippen molar-refractivity contribution in [1.82, 2.24) is 5.32 Å². The molecule has 17 heavy (non-hydrogen) atoms. The van der Waals surface area contributed by atoms with Crippen molar-refractivity contribution in [2.75, 3.05) is 25.1 Å². The second-order valence-corrected chi connectivity index (χ2v) is 4.70. The Hall–Kier alpha value is -1.06. The minimum absolute atomic E-state index is 0.251. The molecule has 3 heteroatoms. The molecule has 0 bridgehead atoms. The largest absolute Gasteiger partial charge is 0.396 e. The van der Waals surface area contributed by atoms with E-state index in [0.29, 0.717) is 6.04 Å². The van der Waals surface area contributed by atoms with Crippen LogP contribution in [0.2, 0.25) is 0 Å². The highest BCUT2D eigenvalue weighted by molar-refractivity contribution is 5.46. The van der Waals surface area contributed by atoms with Crippen LogP contribution in [-0.2, 0) is 6.54 Å². The number of aliphatic hydroxyl groups is 1. The van der Waals surface area contributed by atoms with E-state index in [1.807, 2.05) is 0 Å². The molecule has 0 radical (unpaired) electrons. The van der Waals surface area contributed by atoms with Crippen molar-refractivity contribution in [2.45, 2.75) is 32.9 Å². The smallest absolute Gasteiger partial charge is 0.0447 e. The predicted octanol–water partition coefficient (Wildman–Crippen LogP) is 2.00. The number of nitrogens with one attached hydrogen (secondary N) is 1. The van der Waals surface area contributed by atoms with Gasteiger partial charge in [0.1, 0.15) is 0 Å². The van der Waals surface area contributed by atoms with E-state index < -0.39 is 0 Å². The molecule has 0 saturated heterocycles. The second-order valence-electron chi connectivity index (χ2n) is 4.70. The van der Waals surface area contributed by atoms with Crippen LogP contribution < -0.4 is 10.2 Å². The van der Waals surface area contributed by atoms with Crippen LogP contribution in [0.1, 0.15) is 25.8 Å². The van der Waals surface area contributed by atoms with Crippen LogP contribution in [0.5, 0.6) is 0 Å². The normalized spacial score (nSPS) is 10.9. The van der Waals surface area contributed by atoms with E-state index in [1.54, 1.807) is 0 Å². The first-order chi connectivity index (χ1) is 8.13. The molecule has 0 aliphatic heterocycles. The third-order valence-electron chi connectivity index (χ3n) is 2.74. The van der Waals surface area contributed by atoms with Gasteiger partial charge in [0.05, 0.1) is 0 Å². The summed E-state index contributed by atoms with van der Waals surface area (Å²) in [6.45, 7) is 6.35. The maximum Gasteiger partial charge on any atom is 0.0447 e. The summed E-state index contributed by atoms with van der Waals surface area (Å²) in [4.78, 5) is 2.16. The number of nitrogens with zero attached hydrogens (tertiary/aromatic N) is 1. The molecule has 0 atom stereocenters. The summed E-state index contributed by atoms with van der Waals surface area (Å²) in [5.74, 6) is 0. The third kappa shape index (κ3) is 5.20. The molecular formula is C14H24N2O. The number of rotatable bonds is 7. The van der Waals surface area contributed by atoms with E-state index in [-0.39, 0.29) is 6.61 Å². The molecule has 0 spiro atoms. The lowest BCUT2D eigenvalue weighted by atomic mass is 10.2. The highest BCUT2D eigenvalue weighted by Gasteiger charge is 2.00. The number of hydrogen-bond acceptors (Lipinski definition) is 3. The Balaban J connectivity index is 2.49. The van der Waals surface area contributed by atoms with E-state index in [0.717, 1.165) is 19.5 Å². The molecule has 1 rings (SSSR count). The van der Waals surface area contributed by atoms with Crippen LogP contribution in [0.25, 0.3) is 0 Å². The molecule has 0 heterocycles. The van der Waals surface area contributed by atoms with Crippen molar-refractivity contribution in [2.24, 2.45) is 0 Å². The maximum absolute atomic E-state index is 8.79. The Morgan fingerprint density at radius 1 is 1.24 bits per heavy atom. The van der Waals surface area contributed by atoms with Crippen molar-refractivity contribution in [3.63, 3.8) is 0 Å². The maximum atomic E-state index is 8.79. The summed E-state index contributed by atoms with van der Waals surface area (Å²) in [5, 5.41) is 12.2. The summed E-state index contributed by atoms with van der Waals surface area (Å²) >= 11 is 0. The fraction of sp³-hybridized carbons (Fsp3) is 0.571. The average molecular weight is 236 g/mol. The SMILES string of the molecule is CC(C)NCc1ccc(N(C)CCCO)cc1. The molecule has 2 N–H and O–H groups in total. The van der Waals surface area contributed by atoms with Crippen LogP contribution in [0.4, 0.5) is 5.69 Å². The number of hydrogen-bond donors (Lipinski definition) is 2. The molecule has 0 unspecified atom stereocenters. The van der Waals surface area contributed by atoms with Gasteiger partial charge < -0.3 is 15.3 Å². The topological polar surface area (TPSA) is 35.5 Å². The third-order valence-corrected chi connectivity index (χ3v) is 2.74. The molecule has 3 nitrogen and oxygen atoms in total. The molecular weight excluding hydrogens is 212 g/mol. The molecule has 0 aliphatic carbocycles. The first kappa shape index (κ1) is 14.0. The van der Waals surface area contributed by atoms with E-state index in [4.69, 9.17) is 5.11 Å². The van der Waals surface area contributed by atoms with Gasteiger partial charge in [-0.3, -0.25) is 0 Å². The van der Waals surface area contributed by atoms with Crippen molar-refractivity contribution in [3.05, 3.63) is 29.8 Å². The van der Waals surface area contributed by atoms with Crippen LogP contribution in [-0.4, -0.2) is 31.3 Å². The summed E-state index contributed by atoms with van der Waals surface area (Å²) in [6, 6.07) is 9.09. The Morgan fingerprint density at radius 2 is 1.88 bits per heavy atom. The van der Waals surface area contributed by atoms with Crippen LogP contribution >= 0.6 is 0 Å². The van der Waals surface area contributed by atoms with Gasteiger partial charge in [-0.1, -0.05) is 26.0 Å². The molecule has 0 aromatic heterocycles. The lowest BCUT2D eigenvalue weighted by molar-refractivity contribution is 0.290. The molecule has 96 valence electrons. The van der Waals surface area contributed by atoms with Gasteiger partial charge in [-0.05, 0) is 24.1 Å². The lowest BCUT2D eigenvalue weighted by Crippen LogP contribution is -2.22. The van der Waals surface area contributed by atoms with Gasteiger partial charge in [0.15, 0.2) is 0 Å². The summed E-state index contributed by atoms with van der Waals surface area (Å²) in [5.41, 5.74) is 2.50. The Morgan fingerprint density at radius 3 is 2.41 bits per heavy atom. The van der Waals surface area contributed by atoms with Crippen molar-refractivity contribution >= 4 is 5.69 Å². The van der Waals surface area contributed by atoms with Gasteiger partial charge in [0.2, 0.25) is 0 Å². The van der Waals surface area contributed by atoms with Crippen molar-refractivity contribution < 1.29 is 5.11 Å². The molecule has 0 fully saturated rings. The van der Waals surface area contributed by atoms with E-state index in [1.165, 1.54) is 11.3 Å². The predicted molar refractivity (Wildman–Crippen MR) is 73.4 cm³/mol. The number of benzene rings is 1. The van der Waals surface area contributed by atoms with Crippen LogP contribution in [0.3, 0.4) is 0 Å².